The third kappa shape index (κ3) is 3.87. The van der Waals surface area contributed by atoms with Crippen molar-refractivity contribution in [1.82, 2.24) is 0 Å². The third-order valence-electron chi connectivity index (χ3n) is 3.77. The highest BCUT2D eigenvalue weighted by molar-refractivity contribution is 6.32. The summed E-state index contributed by atoms with van der Waals surface area (Å²) in [4.78, 5) is 0. The first-order valence-electron chi connectivity index (χ1n) is 7.16. The maximum absolute atomic E-state index is 6.33. The lowest BCUT2D eigenvalue weighted by atomic mass is 9.96. The molecule has 0 saturated carbocycles. The van der Waals surface area contributed by atoms with E-state index in [4.69, 9.17) is 21.1 Å². The molecule has 0 bridgehead atoms. The number of hydrogen-bond donors (Lipinski definition) is 0. The Hall–Kier alpha value is -0.730. The lowest BCUT2D eigenvalue weighted by molar-refractivity contribution is 0.0729. The molecule has 2 rings (SSSR count). The van der Waals surface area contributed by atoms with Crippen molar-refractivity contribution in [2.45, 2.75) is 58.2 Å². The molecule has 1 fully saturated rings. The molecule has 19 heavy (non-hydrogen) atoms. The van der Waals surface area contributed by atoms with Crippen LogP contribution in [0.25, 0.3) is 0 Å². The summed E-state index contributed by atoms with van der Waals surface area (Å²) in [5, 5.41) is 0.703. The molecule has 0 amide bonds. The second-order valence-electron chi connectivity index (χ2n) is 5.54. The first-order chi connectivity index (χ1) is 9.08. The van der Waals surface area contributed by atoms with E-state index >= 15 is 0 Å². The van der Waals surface area contributed by atoms with E-state index in [0.29, 0.717) is 11.1 Å². The summed E-state index contributed by atoms with van der Waals surface area (Å²) >= 11 is 6.33. The monoisotopic (exact) mass is 282 g/mol. The van der Waals surface area contributed by atoms with Crippen molar-refractivity contribution < 1.29 is 9.47 Å². The van der Waals surface area contributed by atoms with Crippen LogP contribution >= 0.6 is 11.6 Å². The summed E-state index contributed by atoms with van der Waals surface area (Å²) in [6.45, 7) is 7.36. The Labute approximate surface area is 121 Å². The number of para-hydroxylation sites is 1. The van der Waals surface area contributed by atoms with Crippen LogP contribution in [0.2, 0.25) is 5.02 Å². The summed E-state index contributed by atoms with van der Waals surface area (Å²) in [7, 11) is 0. The molecule has 0 aromatic heterocycles. The SMILES string of the molecule is CCCC(C)(CC)Oc1c(Cl)cccc1CC1CO1. The molecule has 0 radical (unpaired) electrons. The number of ether oxygens (including phenoxy) is 2. The number of epoxide rings is 1. The van der Waals surface area contributed by atoms with Crippen molar-refractivity contribution in [2.24, 2.45) is 0 Å². The molecule has 0 spiro atoms. The lowest BCUT2D eigenvalue weighted by Gasteiger charge is -2.31. The van der Waals surface area contributed by atoms with Crippen LogP contribution in [0, 0.1) is 0 Å². The molecule has 0 aliphatic carbocycles. The molecule has 2 unspecified atom stereocenters. The van der Waals surface area contributed by atoms with E-state index < -0.39 is 0 Å². The number of hydrogen-bond acceptors (Lipinski definition) is 2. The van der Waals surface area contributed by atoms with Gasteiger partial charge in [0, 0.05) is 6.42 Å². The van der Waals surface area contributed by atoms with Crippen LogP contribution in [0.5, 0.6) is 5.75 Å². The maximum Gasteiger partial charge on any atom is 0.141 e. The molecule has 1 heterocycles. The first kappa shape index (κ1) is 14.7. The maximum atomic E-state index is 6.33. The average Bonchev–Trinajstić information content (AvgIpc) is 3.18. The Morgan fingerprint density at radius 3 is 2.74 bits per heavy atom. The van der Waals surface area contributed by atoms with Gasteiger partial charge in [-0.1, -0.05) is 44.0 Å². The molecule has 1 aromatic rings. The molecule has 3 heteroatoms. The number of rotatable bonds is 7. The Balaban J connectivity index is 2.21. The first-order valence-corrected chi connectivity index (χ1v) is 7.53. The minimum absolute atomic E-state index is 0.140. The molecule has 1 aliphatic rings. The van der Waals surface area contributed by atoms with Crippen molar-refractivity contribution in [3.63, 3.8) is 0 Å². The summed E-state index contributed by atoms with van der Waals surface area (Å²) in [5.41, 5.74) is 1.02. The third-order valence-corrected chi connectivity index (χ3v) is 4.07. The Morgan fingerprint density at radius 1 is 1.42 bits per heavy atom. The van der Waals surface area contributed by atoms with Crippen molar-refractivity contribution in [3.8, 4) is 5.75 Å². The normalized spacial score (nSPS) is 20.9. The van der Waals surface area contributed by atoms with Gasteiger partial charge in [0.2, 0.25) is 0 Å². The van der Waals surface area contributed by atoms with Gasteiger partial charge in [-0.2, -0.15) is 0 Å². The van der Waals surface area contributed by atoms with Crippen molar-refractivity contribution in [2.75, 3.05) is 6.61 Å². The van der Waals surface area contributed by atoms with Crippen LogP contribution in [-0.2, 0) is 11.2 Å². The summed E-state index contributed by atoms with van der Waals surface area (Å²) in [6.07, 6.45) is 4.36. The predicted molar refractivity (Wildman–Crippen MR) is 79.1 cm³/mol. The van der Waals surface area contributed by atoms with Crippen molar-refractivity contribution in [1.29, 1.82) is 0 Å². The van der Waals surface area contributed by atoms with E-state index in [1.54, 1.807) is 0 Å². The molecule has 1 saturated heterocycles. The topological polar surface area (TPSA) is 21.8 Å². The van der Waals surface area contributed by atoms with Gasteiger partial charge in [0.1, 0.15) is 11.4 Å². The van der Waals surface area contributed by atoms with Gasteiger partial charge in [-0.15, -0.1) is 0 Å². The van der Waals surface area contributed by atoms with Crippen molar-refractivity contribution in [3.05, 3.63) is 28.8 Å². The fourth-order valence-electron chi connectivity index (χ4n) is 2.33. The zero-order valence-electron chi connectivity index (χ0n) is 12.0. The molecule has 1 aliphatic heterocycles. The van der Waals surface area contributed by atoms with E-state index in [-0.39, 0.29) is 5.60 Å². The fourth-order valence-corrected chi connectivity index (χ4v) is 2.57. The molecular formula is C16H23ClO2. The van der Waals surface area contributed by atoms with E-state index in [0.717, 1.165) is 43.6 Å². The highest BCUT2D eigenvalue weighted by atomic mass is 35.5. The molecule has 2 atom stereocenters. The van der Waals surface area contributed by atoms with Gasteiger partial charge >= 0.3 is 0 Å². The highest BCUT2D eigenvalue weighted by Crippen LogP contribution is 2.36. The largest absolute Gasteiger partial charge is 0.486 e. The standard InChI is InChI=1S/C16H23ClO2/c1-4-9-16(3,5-2)19-15-12(10-13-11-18-13)7-6-8-14(15)17/h6-8,13H,4-5,9-11H2,1-3H3. The molecule has 1 aromatic carbocycles. The van der Waals surface area contributed by atoms with Gasteiger partial charge in [-0.3, -0.25) is 0 Å². The average molecular weight is 283 g/mol. The second kappa shape index (κ2) is 6.15. The van der Waals surface area contributed by atoms with E-state index in [1.165, 1.54) is 0 Å². The molecule has 106 valence electrons. The summed E-state index contributed by atoms with van der Waals surface area (Å²) in [6, 6.07) is 5.97. The van der Waals surface area contributed by atoms with Crippen LogP contribution in [0.15, 0.2) is 18.2 Å². The van der Waals surface area contributed by atoms with Gasteiger partial charge in [-0.25, -0.2) is 0 Å². The predicted octanol–water partition coefficient (Wildman–Crippen LogP) is 4.63. The van der Waals surface area contributed by atoms with Crippen LogP contribution in [0.4, 0.5) is 0 Å². The van der Waals surface area contributed by atoms with Gasteiger partial charge in [0.25, 0.3) is 0 Å². The number of halogens is 1. The Morgan fingerprint density at radius 2 is 2.16 bits per heavy atom. The smallest absolute Gasteiger partial charge is 0.141 e. The fraction of sp³-hybridized carbons (Fsp3) is 0.625. The Kier molecular flexibility index (Phi) is 4.75. The van der Waals surface area contributed by atoms with Crippen molar-refractivity contribution >= 4 is 11.6 Å². The number of benzene rings is 1. The van der Waals surface area contributed by atoms with Gasteiger partial charge in [-0.05, 0) is 31.4 Å². The zero-order chi connectivity index (χ0) is 13.9. The van der Waals surface area contributed by atoms with E-state index in [2.05, 4.69) is 26.8 Å². The van der Waals surface area contributed by atoms with Gasteiger partial charge in [0.05, 0.1) is 17.7 Å². The van der Waals surface area contributed by atoms with Gasteiger partial charge < -0.3 is 9.47 Å². The van der Waals surface area contributed by atoms with E-state index in [9.17, 15) is 0 Å². The van der Waals surface area contributed by atoms with Crippen LogP contribution in [0.3, 0.4) is 0 Å². The van der Waals surface area contributed by atoms with E-state index in [1.807, 2.05) is 12.1 Å². The summed E-state index contributed by atoms with van der Waals surface area (Å²) < 4.78 is 11.6. The van der Waals surface area contributed by atoms with Gasteiger partial charge in [0.15, 0.2) is 0 Å². The van der Waals surface area contributed by atoms with Crippen LogP contribution in [-0.4, -0.2) is 18.3 Å². The minimum atomic E-state index is -0.140. The zero-order valence-corrected chi connectivity index (χ0v) is 12.8. The summed E-state index contributed by atoms with van der Waals surface area (Å²) in [5.74, 6) is 0.845. The quantitative estimate of drug-likeness (QED) is 0.680. The Bertz CT molecular complexity index is 429. The van der Waals surface area contributed by atoms with Crippen LogP contribution < -0.4 is 4.74 Å². The molecular weight excluding hydrogens is 260 g/mol. The second-order valence-corrected chi connectivity index (χ2v) is 5.95. The van der Waals surface area contributed by atoms with Crippen LogP contribution in [0.1, 0.15) is 45.6 Å². The highest BCUT2D eigenvalue weighted by Gasteiger charge is 2.28. The lowest BCUT2D eigenvalue weighted by Crippen LogP contribution is -2.31. The minimum Gasteiger partial charge on any atom is -0.486 e. The molecule has 2 nitrogen and oxygen atoms in total. The molecule has 0 N–H and O–H groups in total.